The fourth-order valence-electron chi connectivity index (χ4n) is 2.22. The molecule has 1 aromatic rings. The van der Waals surface area contributed by atoms with E-state index in [1.54, 1.807) is 36.9 Å². The molecule has 5 nitrogen and oxygen atoms in total. The Balaban J connectivity index is 2.74. The Kier molecular flexibility index (Phi) is 7.36. The summed E-state index contributed by atoms with van der Waals surface area (Å²) in [5.41, 5.74) is 0.864. The molecule has 2 atom stereocenters. The van der Waals surface area contributed by atoms with E-state index >= 15 is 0 Å². The Morgan fingerprint density at radius 3 is 2.48 bits per heavy atom. The van der Waals surface area contributed by atoms with Gasteiger partial charge in [0.2, 0.25) is 0 Å². The Morgan fingerprint density at radius 1 is 1.30 bits per heavy atom. The number of methoxy groups -OCH3 is 1. The number of ether oxygens (including phenoxy) is 2. The molecule has 2 unspecified atom stereocenters. The molecular formula is C17H24ClNO4. The molecule has 6 heteroatoms. The number of hydrogen-bond donors (Lipinski definition) is 0. The number of carbonyl (C=O) groups is 2. The van der Waals surface area contributed by atoms with Crippen LogP contribution in [0.1, 0.15) is 26.3 Å². The first-order valence-corrected chi connectivity index (χ1v) is 7.97. The third-order valence-corrected chi connectivity index (χ3v) is 3.81. The van der Waals surface area contributed by atoms with E-state index in [0.29, 0.717) is 23.9 Å². The molecule has 0 aliphatic heterocycles. The molecule has 0 fully saturated rings. The van der Waals surface area contributed by atoms with E-state index in [9.17, 15) is 9.59 Å². The molecule has 1 amide bonds. The van der Waals surface area contributed by atoms with E-state index in [2.05, 4.69) is 0 Å². The number of halogens is 1. The number of hydrogen-bond acceptors (Lipinski definition) is 4. The van der Waals surface area contributed by atoms with Crippen LogP contribution in [-0.2, 0) is 14.3 Å². The van der Waals surface area contributed by atoms with Crippen LogP contribution < -0.4 is 4.74 Å². The van der Waals surface area contributed by atoms with Gasteiger partial charge in [-0.15, -0.1) is 0 Å². The maximum Gasteiger partial charge on any atom is 0.310 e. The average molecular weight is 342 g/mol. The molecule has 1 aromatic carbocycles. The van der Waals surface area contributed by atoms with Gasteiger partial charge in [-0.25, -0.2) is 0 Å². The van der Waals surface area contributed by atoms with Gasteiger partial charge in [0.25, 0.3) is 5.91 Å². The molecule has 0 aliphatic carbocycles. The molecule has 0 saturated heterocycles. The predicted molar refractivity (Wildman–Crippen MR) is 89.7 cm³/mol. The lowest BCUT2D eigenvalue weighted by Gasteiger charge is -2.27. The van der Waals surface area contributed by atoms with Crippen LogP contribution in [0.2, 0.25) is 5.02 Å². The van der Waals surface area contributed by atoms with E-state index in [4.69, 9.17) is 21.1 Å². The van der Waals surface area contributed by atoms with Gasteiger partial charge in [-0.2, -0.15) is 0 Å². The summed E-state index contributed by atoms with van der Waals surface area (Å²) in [5, 5.41) is 0.621. The van der Waals surface area contributed by atoms with Crippen LogP contribution in [0, 0.1) is 12.8 Å². The zero-order chi connectivity index (χ0) is 17.6. The maximum atomic E-state index is 12.5. The van der Waals surface area contributed by atoms with Crippen molar-refractivity contribution >= 4 is 23.5 Å². The molecule has 0 N–H and O–H groups in total. The quantitative estimate of drug-likeness (QED) is 0.715. The van der Waals surface area contributed by atoms with Crippen molar-refractivity contribution in [2.45, 2.75) is 33.8 Å². The zero-order valence-corrected chi connectivity index (χ0v) is 15.0. The summed E-state index contributed by atoms with van der Waals surface area (Å²) in [6, 6.07) is 5.25. The van der Waals surface area contributed by atoms with Crippen molar-refractivity contribution in [2.24, 2.45) is 5.92 Å². The monoisotopic (exact) mass is 341 g/mol. The summed E-state index contributed by atoms with van der Waals surface area (Å²) in [7, 11) is 1.34. The minimum absolute atomic E-state index is 0.169. The zero-order valence-electron chi connectivity index (χ0n) is 14.3. The summed E-state index contributed by atoms with van der Waals surface area (Å²) in [5.74, 6) is -0.267. The standard InChI is InChI=1S/C17H24ClNO4/c1-6-19(10-12(3)17(21)22-5)16(20)13(4)23-15-8-7-14(18)9-11(15)2/h7-9,12-13H,6,10H2,1-5H3. The fraction of sp³-hybridized carbons (Fsp3) is 0.529. The number of likely N-dealkylation sites (N-methyl/N-ethyl adjacent to an activating group) is 1. The molecule has 0 spiro atoms. The highest BCUT2D eigenvalue weighted by atomic mass is 35.5. The Hall–Kier alpha value is -1.75. The SMILES string of the molecule is CCN(CC(C)C(=O)OC)C(=O)C(C)Oc1ccc(Cl)cc1C. The topological polar surface area (TPSA) is 55.8 Å². The minimum atomic E-state index is -0.653. The fourth-order valence-corrected chi connectivity index (χ4v) is 2.45. The van der Waals surface area contributed by atoms with Crippen LogP contribution in [0.4, 0.5) is 0 Å². The van der Waals surface area contributed by atoms with Gasteiger partial charge in [-0.1, -0.05) is 18.5 Å². The Labute approximate surface area is 142 Å². The van der Waals surface area contributed by atoms with Crippen molar-refractivity contribution in [1.29, 1.82) is 0 Å². The number of benzene rings is 1. The van der Waals surface area contributed by atoms with Gasteiger partial charge in [0.1, 0.15) is 5.75 Å². The van der Waals surface area contributed by atoms with Crippen molar-refractivity contribution in [1.82, 2.24) is 4.90 Å². The first-order valence-electron chi connectivity index (χ1n) is 7.59. The lowest BCUT2D eigenvalue weighted by Crippen LogP contribution is -2.43. The molecule has 23 heavy (non-hydrogen) atoms. The van der Waals surface area contributed by atoms with E-state index in [-0.39, 0.29) is 17.8 Å². The third-order valence-electron chi connectivity index (χ3n) is 3.58. The van der Waals surface area contributed by atoms with Crippen LogP contribution in [0.15, 0.2) is 18.2 Å². The van der Waals surface area contributed by atoms with E-state index in [1.807, 2.05) is 13.8 Å². The van der Waals surface area contributed by atoms with Gasteiger partial charge in [-0.3, -0.25) is 9.59 Å². The number of esters is 1. The van der Waals surface area contributed by atoms with Crippen LogP contribution in [-0.4, -0.2) is 43.1 Å². The minimum Gasteiger partial charge on any atom is -0.481 e. The summed E-state index contributed by atoms with van der Waals surface area (Å²) in [6.07, 6.45) is -0.653. The normalized spacial score (nSPS) is 13.1. The second-order valence-corrected chi connectivity index (χ2v) is 5.91. The predicted octanol–water partition coefficient (Wildman–Crippen LogP) is 3.07. The first kappa shape index (κ1) is 19.3. The highest BCUT2D eigenvalue weighted by molar-refractivity contribution is 6.30. The largest absolute Gasteiger partial charge is 0.481 e. The molecular weight excluding hydrogens is 318 g/mol. The van der Waals surface area contributed by atoms with Crippen LogP contribution in [0.5, 0.6) is 5.75 Å². The molecule has 0 aliphatic rings. The Morgan fingerprint density at radius 2 is 1.96 bits per heavy atom. The number of amides is 1. The first-order chi connectivity index (χ1) is 10.8. The number of nitrogens with zero attached hydrogens (tertiary/aromatic N) is 1. The van der Waals surface area contributed by atoms with Gasteiger partial charge in [0.15, 0.2) is 6.10 Å². The second-order valence-electron chi connectivity index (χ2n) is 5.47. The van der Waals surface area contributed by atoms with Crippen molar-refractivity contribution < 1.29 is 19.1 Å². The second kappa shape index (κ2) is 8.77. The van der Waals surface area contributed by atoms with E-state index < -0.39 is 6.10 Å². The lowest BCUT2D eigenvalue weighted by molar-refractivity contribution is -0.147. The van der Waals surface area contributed by atoms with Crippen LogP contribution in [0.3, 0.4) is 0 Å². The van der Waals surface area contributed by atoms with Crippen molar-refractivity contribution in [3.63, 3.8) is 0 Å². The van der Waals surface area contributed by atoms with Gasteiger partial charge >= 0.3 is 5.97 Å². The van der Waals surface area contributed by atoms with Gasteiger partial charge in [-0.05, 0) is 44.5 Å². The molecule has 0 aromatic heterocycles. The summed E-state index contributed by atoms with van der Waals surface area (Å²) >= 11 is 5.92. The van der Waals surface area contributed by atoms with Gasteiger partial charge in [0.05, 0.1) is 13.0 Å². The molecule has 1 rings (SSSR count). The molecule has 0 radical (unpaired) electrons. The highest BCUT2D eigenvalue weighted by Gasteiger charge is 2.25. The number of carbonyl (C=O) groups excluding carboxylic acids is 2. The van der Waals surface area contributed by atoms with Crippen LogP contribution >= 0.6 is 11.6 Å². The smallest absolute Gasteiger partial charge is 0.310 e. The van der Waals surface area contributed by atoms with Gasteiger partial charge in [0, 0.05) is 18.1 Å². The highest BCUT2D eigenvalue weighted by Crippen LogP contribution is 2.23. The summed E-state index contributed by atoms with van der Waals surface area (Å²) < 4.78 is 10.4. The Bertz CT molecular complexity index is 562. The molecule has 128 valence electrons. The third kappa shape index (κ3) is 5.43. The van der Waals surface area contributed by atoms with Crippen molar-refractivity contribution in [2.75, 3.05) is 20.2 Å². The number of aryl methyl sites for hydroxylation is 1. The maximum absolute atomic E-state index is 12.5. The lowest BCUT2D eigenvalue weighted by atomic mass is 10.1. The summed E-state index contributed by atoms with van der Waals surface area (Å²) in [6.45, 7) is 7.96. The van der Waals surface area contributed by atoms with Crippen molar-refractivity contribution in [3.05, 3.63) is 28.8 Å². The molecule has 0 bridgehead atoms. The summed E-state index contributed by atoms with van der Waals surface area (Å²) in [4.78, 5) is 25.6. The van der Waals surface area contributed by atoms with E-state index in [0.717, 1.165) is 5.56 Å². The molecule has 0 heterocycles. The van der Waals surface area contributed by atoms with Crippen LogP contribution in [0.25, 0.3) is 0 Å². The number of rotatable bonds is 7. The molecule has 0 saturated carbocycles. The van der Waals surface area contributed by atoms with Gasteiger partial charge < -0.3 is 14.4 Å². The average Bonchev–Trinajstić information content (AvgIpc) is 2.53. The van der Waals surface area contributed by atoms with Crippen molar-refractivity contribution in [3.8, 4) is 5.75 Å². The van der Waals surface area contributed by atoms with E-state index in [1.165, 1.54) is 7.11 Å².